The van der Waals surface area contributed by atoms with E-state index in [9.17, 15) is 0 Å². The van der Waals surface area contributed by atoms with E-state index in [2.05, 4.69) is 479 Å². The number of hydrogen-bond donors (Lipinski definition) is 0. The van der Waals surface area contributed by atoms with E-state index in [0.717, 1.165) is 22.7 Å². The summed E-state index contributed by atoms with van der Waals surface area (Å²) in [5.41, 5.74) is 35.9. The van der Waals surface area contributed by atoms with Crippen LogP contribution in [0.5, 0.6) is 0 Å². The number of aromatic nitrogens is 4. The Bertz CT molecular complexity index is 7690. The zero-order valence-corrected chi connectivity index (χ0v) is 64.7. The number of para-hydroxylation sites is 4. The summed E-state index contributed by atoms with van der Waals surface area (Å²) in [5, 5.41) is 9.94. The van der Waals surface area contributed by atoms with Crippen LogP contribution >= 0.6 is 0 Å². The van der Waals surface area contributed by atoms with Gasteiger partial charge < -0.3 is 18.3 Å². The van der Waals surface area contributed by atoms with Crippen molar-refractivity contribution in [1.29, 1.82) is 0 Å². The summed E-state index contributed by atoms with van der Waals surface area (Å²) in [4.78, 5) is 0. The first-order valence-electron chi connectivity index (χ1n) is 40.6. The lowest BCUT2D eigenvalue weighted by atomic mass is 9.94. The molecule has 4 aromatic heterocycles. The van der Waals surface area contributed by atoms with Crippen LogP contribution in [-0.2, 0) is 0 Å². The highest BCUT2D eigenvalue weighted by atomic mass is 15.0. The minimum absolute atomic E-state index is 1.14. The molecule has 0 aliphatic carbocycles. The molecule has 0 aliphatic rings. The summed E-state index contributed by atoms with van der Waals surface area (Å²) in [7, 11) is 0. The molecule has 0 fully saturated rings. The molecule has 0 bridgehead atoms. The Labute approximate surface area is 684 Å². The minimum atomic E-state index is 1.14. The number of benzene rings is 19. The topological polar surface area (TPSA) is 19.7 Å². The Kier molecular flexibility index (Phi) is 17.2. The molecule has 0 atom stereocenters. The van der Waals surface area contributed by atoms with Crippen LogP contribution < -0.4 is 0 Å². The number of rotatable bonds is 13. The van der Waals surface area contributed by atoms with Gasteiger partial charge in [0.25, 0.3) is 0 Å². The molecule has 23 rings (SSSR count). The third-order valence-electron chi connectivity index (χ3n) is 23.8. The third kappa shape index (κ3) is 12.3. The van der Waals surface area contributed by atoms with Crippen molar-refractivity contribution in [3.63, 3.8) is 0 Å². The van der Waals surface area contributed by atoms with E-state index >= 15 is 0 Å². The lowest BCUT2D eigenvalue weighted by Crippen LogP contribution is -1.96. The molecule has 0 amide bonds. The van der Waals surface area contributed by atoms with Gasteiger partial charge in [-0.25, -0.2) is 0 Å². The molecule has 0 spiro atoms. The number of fused-ring (bicyclic) bond motifs is 12. The zero-order chi connectivity index (χ0) is 78.0. The van der Waals surface area contributed by atoms with Crippen molar-refractivity contribution >= 4 is 87.2 Å². The van der Waals surface area contributed by atoms with E-state index in [0.29, 0.717) is 0 Å². The van der Waals surface area contributed by atoms with Crippen LogP contribution in [0, 0.1) is 0 Å². The monoisotopic (exact) mass is 1500 g/mol. The van der Waals surface area contributed by atoms with Gasteiger partial charge in [0.05, 0.1) is 44.1 Å². The zero-order valence-electron chi connectivity index (χ0n) is 64.7. The molecule has 19 aromatic carbocycles. The maximum atomic E-state index is 2.44. The van der Waals surface area contributed by atoms with Crippen molar-refractivity contribution in [2.45, 2.75) is 0 Å². The highest BCUT2D eigenvalue weighted by Gasteiger charge is 2.22. The molecule has 0 aliphatic heterocycles. The van der Waals surface area contributed by atoms with Gasteiger partial charge in [-0.2, -0.15) is 0 Å². The summed E-state index contributed by atoms with van der Waals surface area (Å²) in [6.45, 7) is 0. The number of nitrogens with zero attached hydrogens (tertiary/aromatic N) is 4. The highest BCUT2D eigenvalue weighted by Crippen LogP contribution is 2.45. The van der Waals surface area contributed by atoms with Crippen LogP contribution in [0.2, 0.25) is 0 Å². The maximum absolute atomic E-state index is 2.44. The van der Waals surface area contributed by atoms with Crippen LogP contribution in [0.4, 0.5) is 0 Å². The molecule has 4 nitrogen and oxygen atoms in total. The quantitative estimate of drug-likeness (QED) is 0.110. The van der Waals surface area contributed by atoms with E-state index in [-0.39, 0.29) is 0 Å². The summed E-state index contributed by atoms with van der Waals surface area (Å²) in [6, 6.07) is 168. The van der Waals surface area contributed by atoms with Crippen LogP contribution in [0.3, 0.4) is 0 Å². The van der Waals surface area contributed by atoms with Crippen LogP contribution in [-0.4, -0.2) is 18.3 Å². The second-order valence-corrected chi connectivity index (χ2v) is 30.7. The average Bonchev–Trinajstić information content (AvgIpc) is 1.59. The largest absolute Gasteiger partial charge is 0.309 e. The molecule has 0 saturated carbocycles. The molecule has 118 heavy (non-hydrogen) atoms. The lowest BCUT2D eigenvalue weighted by Gasteiger charge is -2.15. The minimum Gasteiger partial charge on any atom is -0.309 e. The van der Waals surface area contributed by atoms with Gasteiger partial charge in [-0.15, -0.1) is 0 Å². The molecule has 0 saturated heterocycles. The van der Waals surface area contributed by atoms with Crippen molar-refractivity contribution in [2.24, 2.45) is 0 Å². The van der Waals surface area contributed by atoms with E-state index in [1.165, 1.54) is 187 Å². The molecule has 552 valence electrons. The van der Waals surface area contributed by atoms with Gasteiger partial charge >= 0.3 is 0 Å². The molecule has 4 heterocycles. The Morgan fingerprint density at radius 2 is 0.331 bits per heavy atom. The normalized spacial score (nSPS) is 11.6. The smallest absolute Gasteiger partial charge is 0.0541 e. The van der Waals surface area contributed by atoms with Gasteiger partial charge in [0.15, 0.2) is 0 Å². The molecule has 23 aromatic rings. The Balaban J connectivity index is 0.000000143. The Morgan fingerprint density at radius 3 is 0.686 bits per heavy atom. The summed E-state index contributed by atoms with van der Waals surface area (Å²) >= 11 is 0. The standard InChI is InChI=1S/C60H40N2.C54H36N2/c1-5-17-41(18-6-1)47-35-48(42-19-7-2-8-20-42)37-50(36-47)62-58-28-16-14-26-53(58)56-39-46(30-34-60(56)62)45-29-33-59-55(38-45)52-25-13-15-27-57(52)61(59)49-31-32-51(43-21-9-3-10-22-43)54(40-49)44-23-11-4-12-24-44;1-3-13-37(14-4-1)39-25-27-40(28-26-39)42-18-12-20-46(34-42)56-52-24-10-8-22-48(52)50-36-44(30-32-54(50)56)43-29-31-53-49(35-43)47-21-7-9-23-51(47)55(53)45-19-11-17-41(33-45)38-15-5-2-6-16-38/h1-40H;1-36H. The van der Waals surface area contributed by atoms with Crippen molar-refractivity contribution < 1.29 is 0 Å². The molecular formula is C114H76N4. The molecule has 4 heteroatoms. The van der Waals surface area contributed by atoms with Crippen LogP contribution in [0.1, 0.15) is 0 Å². The van der Waals surface area contributed by atoms with E-state index in [4.69, 9.17) is 0 Å². The predicted octanol–water partition coefficient (Wildman–Crippen LogP) is 30.8. The molecule has 0 unspecified atom stereocenters. The summed E-state index contributed by atoms with van der Waals surface area (Å²) in [6.07, 6.45) is 0. The molecule has 0 radical (unpaired) electrons. The number of hydrogen-bond acceptors (Lipinski definition) is 0. The second-order valence-electron chi connectivity index (χ2n) is 30.7. The van der Waals surface area contributed by atoms with E-state index < -0.39 is 0 Å². The molecule has 0 N–H and O–H groups in total. The van der Waals surface area contributed by atoms with Crippen LogP contribution in [0.25, 0.3) is 210 Å². The average molecular weight is 1500 g/mol. The molecular weight excluding hydrogens is 1430 g/mol. The van der Waals surface area contributed by atoms with E-state index in [1.807, 2.05) is 0 Å². The Hall–Kier alpha value is -15.6. The fourth-order valence-electron chi connectivity index (χ4n) is 18.2. The van der Waals surface area contributed by atoms with Gasteiger partial charge in [0, 0.05) is 65.8 Å². The first kappa shape index (κ1) is 69.1. The van der Waals surface area contributed by atoms with E-state index in [1.54, 1.807) is 0 Å². The van der Waals surface area contributed by atoms with Gasteiger partial charge in [0.2, 0.25) is 0 Å². The fraction of sp³-hybridized carbons (Fsp3) is 0. The van der Waals surface area contributed by atoms with Crippen LogP contribution in [0.15, 0.2) is 461 Å². The van der Waals surface area contributed by atoms with Gasteiger partial charge in [-0.3, -0.25) is 0 Å². The van der Waals surface area contributed by atoms with Gasteiger partial charge in [-0.1, -0.05) is 334 Å². The summed E-state index contributed by atoms with van der Waals surface area (Å²) in [5.74, 6) is 0. The lowest BCUT2D eigenvalue weighted by molar-refractivity contribution is 1.18. The predicted molar refractivity (Wildman–Crippen MR) is 499 cm³/mol. The first-order valence-corrected chi connectivity index (χ1v) is 40.6. The summed E-state index contributed by atoms with van der Waals surface area (Å²) < 4.78 is 9.69. The third-order valence-corrected chi connectivity index (χ3v) is 23.8. The van der Waals surface area contributed by atoms with Gasteiger partial charge in [0.1, 0.15) is 0 Å². The highest BCUT2D eigenvalue weighted by molar-refractivity contribution is 6.15. The van der Waals surface area contributed by atoms with Crippen molar-refractivity contribution in [2.75, 3.05) is 0 Å². The fourth-order valence-corrected chi connectivity index (χ4v) is 18.2. The maximum Gasteiger partial charge on any atom is 0.0541 e. The second kappa shape index (κ2) is 29.4. The first-order chi connectivity index (χ1) is 58.5. The Morgan fingerprint density at radius 1 is 0.102 bits per heavy atom. The van der Waals surface area contributed by atoms with Gasteiger partial charge in [-0.05, 0) is 228 Å². The van der Waals surface area contributed by atoms with Crippen molar-refractivity contribution in [3.8, 4) is 123 Å². The SMILES string of the molecule is c1ccc(-c2cc(-c3ccccc3)cc(-n3c4ccccc4c4cc(-c5ccc6c(c5)c5ccccc5n6-c5ccc(-c6ccccc6)c(-c6ccccc6)c5)ccc43)c2)cc1.c1ccc(-c2ccc(-c3cccc(-n4c5ccccc5c5cc(-c6ccc7c(c6)c6ccccc6n7-c6cccc(-c7ccccc7)c6)ccc54)c3)cc2)cc1. The van der Waals surface area contributed by atoms with Crippen molar-refractivity contribution in [1.82, 2.24) is 18.3 Å². The van der Waals surface area contributed by atoms with Crippen molar-refractivity contribution in [3.05, 3.63) is 461 Å².